The molecular formula is C24H27ClN4O5S. The number of carbonyl (C=O) groups is 3. The molecule has 11 heteroatoms. The van der Waals surface area contributed by atoms with Crippen LogP contribution in [0.3, 0.4) is 0 Å². The fourth-order valence-corrected chi connectivity index (χ4v) is 6.52. The molecule has 2 N–H and O–H groups in total. The van der Waals surface area contributed by atoms with Gasteiger partial charge in [0.05, 0.1) is 5.02 Å². The normalized spacial score (nSPS) is 21.1. The highest BCUT2D eigenvalue weighted by Gasteiger charge is 2.51. The van der Waals surface area contributed by atoms with Gasteiger partial charge in [-0.2, -0.15) is 4.31 Å². The van der Waals surface area contributed by atoms with Crippen molar-refractivity contribution in [3.63, 3.8) is 0 Å². The molecule has 4 amide bonds. The average molecular weight is 519 g/mol. The maximum Gasteiger partial charge on any atom is 0.325 e. The Hall–Kier alpha value is -2.95. The van der Waals surface area contributed by atoms with Crippen LogP contribution in [-0.2, 0) is 25.2 Å². The molecule has 0 saturated carbocycles. The van der Waals surface area contributed by atoms with Crippen LogP contribution in [0.1, 0.15) is 38.2 Å². The standard InChI is InChI=1S/C24H27ClN4O5S/c1-2-24(17-9-5-3-6-10-17)22(31)29(23(32)27-24)16-21(30)26-18-11-12-19(25)20(15-18)35(33,34)28-13-7-4-8-14-28/h3,5-6,9-12,15H,2,4,7-8,13-14,16H2,1H3,(H,26,30)(H,27,32)/t24-/m0/s1. The number of amides is 4. The quantitative estimate of drug-likeness (QED) is 0.545. The minimum atomic E-state index is -3.82. The zero-order valence-corrected chi connectivity index (χ0v) is 20.9. The summed E-state index contributed by atoms with van der Waals surface area (Å²) in [6, 6.07) is 12.4. The first kappa shape index (κ1) is 25.2. The summed E-state index contributed by atoms with van der Waals surface area (Å²) in [6.45, 7) is 2.10. The van der Waals surface area contributed by atoms with Crippen molar-refractivity contribution >= 4 is 45.2 Å². The molecule has 2 fully saturated rings. The van der Waals surface area contributed by atoms with Gasteiger partial charge in [0, 0.05) is 18.8 Å². The lowest BCUT2D eigenvalue weighted by Crippen LogP contribution is -2.44. The molecule has 1 atom stereocenters. The number of rotatable bonds is 7. The number of sulfonamides is 1. The van der Waals surface area contributed by atoms with Gasteiger partial charge in [-0.25, -0.2) is 13.2 Å². The van der Waals surface area contributed by atoms with Crippen molar-refractivity contribution in [2.75, 3.05) is 25.0 Å². The minimum absolute atomic E-state index is 0.0539. The highest BCUT2D eigenvalue weighted by molar-refractivity contribution is 7.89. The predicted octanol–water partition coefficient (Wildman–Crippen LogP) is 3.31. The second-order valence-electron chi connectivity index (χ2n) is 8.60. The number of nitrogens with one attached hydrogen (secondary N) is 2. The first-order valence-electron chi connectivity index (χ1n) is 11.5. The van der Waals surface area contributed by atoms with Crippen molar-refractivity contribution in [2.24, 2.45) is 0 Å². The van der Waals surface area contributed by atoms with E-state index in [9.17, 15) is 22.8 Å². The molecule has 2 aromatic carbocycles. The van der Waals surface area contributed by atoms with Gasteiger partial charge in [-0.1, -0.05) is 55.3 Å². The zero-order chi connectivity index (χ0) is 25.2. The number of halogens is 1. The van der Waals surface area contributed by atoms with Gasteiger partial charge in [0.15, 0.2) is 0 Å². The number of anilines is 1. The molecule has 9 nitrogen and oxygen atoms in total. The number of benzene rings is 2. The molecule has 2 aliphatic heterocycles. The Morgan fingerprint density at radius 1 is 1.09 bits per heavy atom. The van der Waals surface area contributed by atoms with Gasteiger partial charge in [-0.15, -0.1) is 0 Å². The summed E-state index contributed by atoms with van der Waals surface area (Å²) in [5.74, 6) is -1.16. The number of imide groups is 1. The summed E-state index contributed by atoms with van der Waals surface area (Å²) in [5.41, 5.74) is -0.407. The third kappa shape index (κ3) is 4.78. The van der Waals surface area contributed by atoms with E-state index >= 15 is 0 Å². The van der Waals surface area contributed by atoms with Crippen LogP contribution in [0.25, 0.3) is 0 Å². The number of hydrogen-bond acceptors (Lipinski definition) is 5. The summed E-state index contributed by atoms with van der Waals surface area (Å²) < 4.78 is 27.5. The number of urea groups is 1. The fourth-order valence-electron chi connectivity index (χ4n) is 4.50. The van der Waals surface area contributed by atoms with Crippen molar-refractivity contribution in [2.45, 2.75) is 43.0 Å². The first-order valence-corrected chi connectivity index (χ1v) is 13.3. The second kappa shape index (κ2) is 9.96. The molecule has 0 aliphatic carbocycles. The highest BCUT2D eigenvalue weighted by Crippen LogP contribution is 2.33. The van der Waals surface area contributed by atoms with Crippen molar-refractivity contribution in [1.82, 2.24) is 14.5 Å². The van der Waals surface area contributed by atoms with Crippen LogP contribution in [0, 0.1) is 0 Å². The highest BCUT2D eigenvalue weighted by atomic mass is 35.5. The van der Waals surface area contributed by atoms with Gasteiger partial charge in [0.1, 0.15) is 17.0 Å². The molecule has 0 aromatic heterocycles. The molecule has 2 saturated heterocycles. The monoisotopic (exact) mass is 518 g/mol. The molecule has 35 heavy (non-hydrogen) atoms. The third-order valence-corrected chi connectivity index (χ3v) is 8.80. The summed E-state index contributed by atoms with van der Waals surface area (Å²) in [5, 5.41) is 5.37. The lowest BCUT2D eigenvalue weighted by Gasteiger charge is -2.26. The molecule has 0 radical (unpaired) electrons. The van der Waals surface area contributed by atoms with Crippen molar-refractivity contribution in [3.05, 3.63) is 59.1 Å². The van der Waals surface area contributed by atoms with Gasteiger partial charge >= 0.3 is 6.03 Å². The molecule has 4 rings (SSSR count). The molecule has 186 valence electrons. The number of nitrogens with zero attached hydrogens (tertiary/aromatic N) is 2. The lowest BCUT2D eigenvalue weighted by molar-refractivity contribution is -0.134. The smallest absolute Gasteiger partial charge is 0.324 e. The molecule has 0 spiro atoms. The third-order valence-electron chi connectivity index (χ3n) is 6.42. The van der Waals surface area contributed by atoms with E-state index in [0.29, 0.717) is 25.1 Å². The molecule has 2 aliphatic rings. The van der Waals surface area contributed by atoms with Gasteiger partial charge in [-0.3, -0.25) is 14.5 Å². The summed E-state index contributed by atoms with van der Waals surface area (Å²) in [6.07, 6.45) is 2.85. The van der Waals surface area contributed by atoms with Gasteiger partial charge in [0.2, 0.25) is 15.9 Å². The molecule has 2 heterocycles. The van der Waals surface area contributed by atoms with E-state index in [1.807, 2.05) is 6.07 Å². The second-order valence-corrected chi connectivity index (χ2v) is 10.9. The lowest BCUT2D eigenvalue weighted by atomic mass is 9.87. The largest absolute Gasteiger partial charge is 0.325 e. The van der Waals surface area contributed by atoms with Crippen LogP contribution in [0.15, 0.2) is 53.4 Å². The van der Waals surface area contributed by atoms with Gasteiger partial charge in [0.25, 0.3) is 5.91 Å². The predicted molar refractivity (Wildman–Crippen MR) is 131 cm³/mol. The number of hydrogen-bond donors (Lipinski definition) is 2. The Balaban J connectivity index is 1.51. The number of carbonyl (C=O) groups excluding carboxylic acids is 3. The molecule has 2 aromatic rings. The van der Waals surface area contributed by atoms with Crippen molar-refractivity contribution < 1.29 is 22.8 Å². The molecular weight excluding hydrogens is 492 g/mol. The minimum Gasteiger partial charge on any atom is -0.324 e. The van der Waals surface area contributed by atoms with E-state index < -0.39 is 40.0 Å². The van der Waals surface area contributed by atoms with Crippen LogP contribution in [-0.4, -0.2) is 55.1 Å². The SMILES string of the molecule is CC[C@@]1(c2ccccc2)NC(=O)N(CC(=O)Nc2ccc(Cl)c(S(=O)(=O)N3CCCCC3)c2)C1=O. The fraction of sp³-hybridized carbons (Fsp3) is 0.375. The summed E-state index contributed by atoms with van der Waals surface area (Å²) in [7, 11) is -3.82. The van der Waals surface area contributed by atoms with Crippen LogP contribution in [0.4, 0.5) is 10.5 Å². The van der Waals surface area contributed by atoms with E-state index in [0.717, 1.165) is 24.2 Å². The van der Waals surface area contributed by atoms with E-state index in [2.05, 4.69) is 10.6 Å². The maximum atomic E-state index is 13.2. The van der Waals surface area contributed by atoms with Crippen molar-refractivity contribution in [1.29, 1.82) is 0 Å². The van der Waals surface area contributed by atoms with Crippen LogP contribution in [0.5, 0.6) is 0 Å². The zero-order valence-electron chi connectivity index (χ0n) is 19.3. The van der Waals surface area contributed by atoms with E-state index in [-0.39, 0.29) is 15.6 Å². The average Bonchev–Trinajstić information content (AvgIpc) is 3.11. The van der Waals surface area contributed by atoms with Crippen molar-refractivity contribution in [3.8, 4) is 0 Å². The van der Waals surface area contributed by atoms with E-state index in [4.69, 9.17) is 11.6 Å². The van der Waals surface area contributed by atoms with Crippen LogP contribution >= 0.6 is 11.6 Å². The molecule has 0 bridgehead atoms. The Morgan fingerprint density at radius 2 is 1.77 bits per heavy atom. The van der Waals surface area contributed by atoms with Gasteiger partial charge in [-0.05, 0) is 43.0 Å². The Bertz CT molecular complexity index is 1250. The Morgan fingerprint density at radius 3 is 2.43 bits per heavy atom. The summed E-state index contributed by atoms with van der Waals surface area (Å²) in [4.78, 5) is 39.4. The van der Waals surface area contributed by atoms with E-state index in [1.54, 1.807) is 31.2 Å². The van der Waals surface area contributed by atoms with Gasteiger partial charge < -0.3 is 10.6 Å². The Kier molecular flexibility index (Phi) is 7.16. The first-order chi connectivity index (χ1) is 16.7. The number of piperidine rings is 1. The van der Waals surface area contributed by atoms with Crippen LogP contribution in [0.2, 0.25) is 5.02 Å². The van der Waals surface area contributed by atoms with E-state index in [1.165, 1.54) is 22.5 Å². The molecule has 0 unspecified atom stereocenters. The van der Waals surface area contributed by atoms with Crippen LogP contribution < -0.4 is 10.6 Å². The summed E-state index contributed by atoms with van der Waals surface area (Å²) >= 11 is 6.19. The Labute approximate surface area is 209 Å². The topological polar surface area (TPSA) is 116 Å². The maximum absolute atomic E-state index is 13.2.